The number of hydrogen-bond acceptors (Lipinski definition) is 2. The van der Waals surface area contributed by atoms with Gasteiger partial charge in [-0.05, 0) is 31.2 Å². The maximum absolute atomic E-state index is 13.3. The van der Waals surface area contributed by atoms with Crippen LogP contribution in [-0.2, 0) is 13.0 Å². The van der Waals surface area contributed by atoms with Crippen LogP contribution >= 0.6 is 0 Å². The zero-order valence-corrected chi connectivity index (χ0v) is 10.1. The van der Waals surface area contributed by atoms with Crippen molar-refractivity contribution < 1.29 is 8.81 Å². The van der Waals surface area contributed by atoms with Gasteiger partial charge in [-0.2, -0.15) is 0 Å². The van der Waals surface area contributed by atoms with E-state index in [1.807, 2.05) is 25.1 Å². The van der Waals surface area contributed by atoms with Gasteiger partial charge in [-0.25, -0.2) is 4.39 Å². The Morgan fingerprint density at radius 1 is 1.18 bits per heavy atom. The molecule has 3 heteroatoms. The minimum atomic E-state index is -0.191. The van der Waals surface area contributed by atoms with Crippen LogP contribution in [0.15, 0.2) is 34.7 Å². The number of aryl methyl sites for hydroxylation is 1. The first-order valence-corrected chi connectivity index (χ1v) is 5.77. The molecular formula is C14H16FNO. The molecule has 0 saturated heterocycles. The second-order valence-corrected chi connectivity index (χ2v) is 3.99. The Morgan fingerprint density at radius 3 is 2.65 bits per heavy atom. The molecule has 0 aliphatic rings. The Balaban J connectivity index is 2.04. The molecule has 0 bridgehead atoms. The summed E-state index contributed by atoms with van der Waals surface area (Å²) >= 11 is 0. The van der Waals surface area contributed by atoms with Gasteiger partial charge in [0.25, 0.3) is 0 Å². The molecule has 0 radical (unpaired) electrons. The van der Waals surface area contributed by atoms with Gasteiger partial charge in [-0.1, -0.05) is 13.0 Å². The van der Waals surface area contributed by atoms with Crippen molar-refractivity contribution in [3.63, 3.8) is 0 Å². The largest absolute Gasteiger partial charge is 0.464 e. The van der Waals surface area contributed by atoms with Crippen LogP contribution in [0.3, 0.4) is 0 Å². The van der Waals surface area contributed by atoms with Gasteiger partial charge in [0.05, 0.1) is 6.54 Å². The minimum Gasteiger partial charge on any atom is -0.464 e. The standard InChI is InChI=1S/C14H16FNO/c1-3-11-7-8-12(17-11)9-16-14-6-4-5-13(15)10(14)2/h4-8,16H,3,9H2,1-2H3. The molecular weight excluding hydrogens is 217 g/mol. The van der Waals surface area contributed by atoms with Crippen molar-refractivity contribution in [1.82, 2.24) is 0 Å². The minimum absolute atomic E-state index is 0.191. The average Bonchev–Trinajstić information content (AvgIpc) is 2.79. The molecule has 0 aliphatic heterocycles. The fourth-order valence-corrected chi connectivity index (χ4v) is 1.69. The maximum atomic E-state index is 13.3. The van der Waals surface area contributed by atoms with Gasteiger partial charge in [0, 0.05) is 17.7 Å². The highest BCUT2D eigenvalue weighted by Crippen LogP contribution is 2.18. The summed E-state index contributed by atoms with van der Waals surface area (Å²) in [5.74, 6) is 1.65. The molecule has 0 amide bonds. The number of benzene rings is 1. The van der Waals surface area contributed by atoms with E-state index < -0.39 is 0 Å². The fraction of sp³-hybridized carbons (Fsp3) is 0.286. The second-order valence-electron chi connectivity index (χ2n) is 3.99. The van der Waals surface area contributed by atoms with E-state index in [-0.39, 0.29) is 5.82 Å². The monoisotopic (exact) mass is 233 g/mol. The van der Waals surface area contributed by atoms with Crippen LogP contribution in [0.4, 0.5) is 10.1 Å². The summed E-state index contributed by atoms with van der Waals surface area (Å²) in [6, 6.07) is 8.94. The van der Waals surface area contributed by atoms with Crippen LogP contribution in [-0.4, -0.2) is 0 Å². The Labute approximate surface area is 100 Å². The van der Waals surface area contributed by atoms with E-state index in [2.05, 4.69) is 5.32 Å². The van der Waals surface area contributed by atoms with Crippen LogP contribution in [0.1, 0.15) is 24.0 Å². The second kappa shape index (κ2) is 5.04. The summed E-state index contributed by atoms with van der Waals surface area (Å²) in [4.78, 5) is 0. The van der Waals surface area contributed by atoms with Crippen molar-refractivity contribution in [2.75, 3.05) is 5.32 Å². The molecule has 90 valence electrons. The van der Waals surface area contributed by atoms with E-state index in [1.165, 1.54) is 6.07 Å². The topological polar surface area (TPSA) is 25.2 Å². The van der Waals surface area contributed by atoms with Gasteiger partial charge in [0.2, 0.25) is 0 Å². The lowest BCUT2D eigenvalue weighted by atomic mass is 10.2. The van der Waals surface area contributed by atoms with Crippen molar-refractivity contribution in [2.24, 2.45) is 0 Å². The SMILES string of the molecule is CCc1ccc(CNc2cccc(F)c2C)o1. The number of hydrogen-bond donors (Lipinski definition) is 1. The molecule has 2 nitrogen and oxygen atoms in total. The quantitative estimate of drug-likeness (QED) is 0.866. The number of furan rings is 1. The van der Waals surface area contributed by atoms with Gasteiger partial charge >= 0.3 is 0 Å². The Morgan fingerprint density at radius 2 is 1.94 bits per heavy atom. The van der Waals surface area contributed by atoms with Crippen molar-refractivity contribution in [2.45, 2.75) is 26.8 Å². The zero-order chi connectivity index (χ0) is 12.3. The van der Waals surface area contributed by atoms with Crippen LogP contribution < -0.4 is 5.32 Å². The summed E-state index contributed by atoms with van der Waals surface area (Å²) in [5, 5.41) is 3.17. The van der Waals surface area contributed by atoms with Crippen LogP contribution in [0.2, 0.25) is 0 Å². The van der Waals surface area contributed by atoms with Gasteiger partial charge in [-0.15, -0.1) is 0 Å². The highest BCUT2D eigenvalue weighted by molar-refractivity contribution is 5.50. The first-order chi connectivity index (χ1) is 8.20. The molecule has 2 aromatic rings. The molecule has 1 aromatic heterocycles. The number of nitrogens with one attached hydrogen (secondary N) is 1. The molecule has 0 saturated carbocycles. The number of rotatable bonds is 4. The van der Waals surface area contributed by atoms with E-state index in [0.717, 1.165) is 23.6 Å². The normalized spacial score (nSPS) is 10.5. The molecule has 1 heterocycles. The zero-order valence-electron chi connectivity index (χ0n) is 10.1. The van der Waals surface area contributed by atoms with Crippen molar-refractivity contribution in [3.05, 3.63) is 53.2 Å². The number of anilines is 1. The molecule has 0 unspecified atom stereocenters. The molecule has 0 aliphatic carbocycles. The Hall–Kier alpha value is -1.77. The fourth-order valence-electron chi connectivity index (χ4n) is 1.69. The average molecular weight is 233 g/mol. The summed E-state index contributed by atoms with van der Waals surface area (Å²) in [7, 11) is 0. The lowest BCUT2D eigenvalue weighted by Gasteiger charge is -2.08. The third-order valence-electron chi connectivity index (χ3n) is 2.79. The summed E-state index contributed by atoms with van der Waals surface area (Å²) in [5.41, 5.74) is 1.44. The highest BCUT2D eigenvalue weighted by atomic mass is 19.1. The summed E-state index contributed by atoms with van der Waals surface area (Å²) < 4.78 is 18.9. The van der Waals surface area contributed by atoms with E-state index in [9.17, 15) is 4.39 Å². The lowest BCUT2D eigenvalue weighted by Crippen LogP contribution is -2.01. The summed E-state index contributed by atoms with van der Waals surface area (Å²) in [6.45, 7) is 4.38. The van der Waals surface area contributed by atoms with Gasteiger partial charge in [0.15, 0.2) is 0 Å². The Bertz CT molecular complexity index is 505. The molecule has 0 atom stereocenters. The highest BCUT2D eigenvalue weighted by Gasteiger charge is 2.04. The van der Waals surface area contributed by atoms with E-state index in [1.54, 1.807) is 13.0 Å². The molecule has 0 spiro atoms. The predicted octanol–water partition coefficient (Wildman–Crippen LogP) is 3.90. The van der Waals surface area contributed by atoms with Crippen molar-refractivity contribution in [3.8, 4) is 0 Å². The van der Waals surface area contributed by atoms with Gasteiger partial charge < -0.3 is 9.73 Å². The molecule has 1 aromatic carbocycles. The smallest absolute Gasteiger partial charge is 0.128 e. The third-order valence-corrected chi connectivity index (χ3v) is 2.79. The predicted molar refractivity (Wildman–Crippen MR) is 66.5 cm³/mol. The van der Waals surface area contributed by atoms with E-state index in [4.69, 9.17) is 4.42 Å². The summed E-state index contributed by atoms with van der Waals surface area (Å²) in [6.07, 6.45) is 0.888. The van der Waals surface area contributed by atoms with Gasteiger partial charge in [-0.3, -0.25) is 0 Å². The van der Waals surface area contributed by atoms with Crippen molar-refractivity contribution in [1.29, 1.82) is 0 Å². The van der Waals surface area contributed by atoms with E-state index in [0.29, 0.717) is 12.1 Å². The maximum Gasteiger partial charge on any atom is 0.128 e. The van der Waals surface area contributed by atoms with Crippen LogP contribution in [0.5, 0.6) is 0 Å². The van der Waals surface area contributed by atoms with Crippen LogP contribution in [0, 0.1) is 12.7 Å². The third kappa shape index (κ3) is 2.67. The van der Waals surface area contributed by atoms with E-state index >= 15 is 0 Å². The number of halogens is 1. The lowest BCUT2D eigenvalue weighted by molar-refractivity contribution is 0.476. The van der Waals surface area contributed by atoms with Gasteiger partial charge in [0.1, 0.15) is 17.3 Å². The molecule has 17 heavy (non-hydrogen) atoms. The molecule has 1 N–H and O–H groups in total. The van der Waals surface area contributed by atoms with Crippen LogP contribution in [0.25, 0.3) is 0 Å². The first kappa shape index (κ1) is 11.7. The van der Waals surface area contributed by atoms with Crippen molar-refractivity contribution >= 4 is 5.69 Å². The Kier molecular flexibility index (Phi) is 3.47. The molecule has 0 fully saturated rings. The molecule has 2 rings (SSSR count). The first-order valence-electron chi connectivity index (χ1n) is 5.77.